The van der Waals surface area contributed by atoms with E-state index in [0.29, 0.717) is 5.69 Å². The smallest absolute Gasteiger partial charge is 0.319 e. The van der Waals surface area contributed by atoms with Gasteiger partial charge in [0.15, 0.2) is 0 Å². The monoisotopic (exact) mass is 279 g/mol. The van der Waals surface area contributed by atoms with Gasteiger partial charge in [-0.15, -0.1) is 0 Å². The highest BCUT2D eigenvalue weighted by molar-refractivity contribution is 8.00. The zero-order valence-corrected chi connectivity index (χ0v) is 12.1. The zero-order valence-electron chi connectivity index (χ0n) is 11.2. The SMILES string of the molecule is CSC1(CNC(=O)Nc2ccc(N)cc2)CCCC1. The van der Waals surface area contributed by atoms with Crippen LogP contribution in [0.5, 0.6) is 0 Å². The molecule has 0 aromatic heterocycles. The molecule has 1 aliphatic rings. The van der Waals surface area contributed by atoms with Crippen molar-refractivity contribution < 1.29 is 4.79 Å². The Morgan fingerprint density at radius 1 is 1.32 bits per heavy atom. The summed E-state index contributed by atoms with van der Waals surface area (Å²) in [6, 6.07) is 7.00. The predicted octanol–water partition coefficient (Wildman–Crippen LogP) is 3.07. The molecule has 1 aromatic carbocycles. The minimum atomic E-state index is -0.148. The van der Waals surface area contributed by atoms with Gasteiger partial charge in [-0.1, -0.05) is 12.8 Å². The molecular formula is C14H21N3OS. The van der Waals surface area contributed by atoms with Gasteiger partial charge in [-0.05, 0) is 43.4 Å². The number of anilines is 2. The van der Waals surface area contributed by atoms with Crippen LogP contribution in [0.1, 0.15) is 25.7 Å². The molecule has 0 atom stereocenters. The van der Waals surface area contributed by atoms with Crippen LogP contribution in [0.15, 0.2) is 24.3 Å². The fraction of sp³-hybridized carbons (Fsp3) is 0.500. The van der Waals surface area contributed by atoms with Crippen molar-refractivity contribution in [2.75, 3.05) is 23.9 Å². The number of thioether (sulfide) groups is 1. The molecule has 1 saturated carbocycles. The fourth-order valence-electron chi connectivity index (χ4n) is 2.46. The third-order valence-electron chi connectivity index (χ3n) is 3.69. The topological polar surface area (TPSA) is 67.2 Å². The number of hydrogen-bond acceptors (Lipinski definition) is 3. The molecule has 4 nitrogen and oxygen atoms in total. The van der Waals surface area contributed by atoms with E-state index in [-0.39, 0.29) is 10.8 Å². The van der Waals surface area contributed by atoms with Crippen LogP contribution in [-0.4, -0.2) is 23.6 Å². The van der Waals surface area contributed by atoms with Gasteiger partial charge in [0.2, 0.25) is 0 Å². The summed E-state index contributed by atoms with van der Waals surface area (Å²) in [5.41, 5.74) is 7.06. The van der Waals surface area contributed by atoms with Crippen molar-refractivity contribution in [3.05, 3.63) is 24.3 Å². The van der Waals surface area contributed by atoms with E-state index >= 15 is 0 Å². The molecule has 0 unspecified atom stereocenters. The van der Waals surface area contributed by atoms with E-state index in [2.05, 4.69) is 16.9 Å². The van der Waals surface area contributed by atoms with Crippen LogP contribution in [0, 0.1) is 0 Å². The molecule has 1 fully saturated rings. The maximum absolute atomic E-state index is 11.8. The summed E-state index contributed by atoms with van der Waals surface area (Å²) in [5, 5.41) is 5.80. The first-order valence-electron chi connectivity index (χ1n) is 6.59. The Morgan fingerprint density at radius 2 is 1.95 bits per heavy atom. The second-order valence-corrected chi connectivity index (χ2v) is 6.30. The van der Waals surface area contributed by atoms with Crippen molar-refractivity contribution in [1.82, 2.24) is 5.32 Å². The van der Waals surface area contributed by atoms with Crippen molar-refractivity contribution in [3.63, 3.8) is 0 Å². The lowest BCUT2D eigenvalue weighted by molar-refractivity contribution is 0.251. The van der Waals surface area contributed by atoms with E-state index in [1.807, 2.05) is 11.8 Å². The zero-order chi connectivity index (χ0) is 13.7. The number of benzene rings is 1. The summed E-state index contributed by atoms with van der Waals surface area (Å²) in [4.78, 5) is 11.8. The number of amides is 2. The molecule has 0 aliphatic heterocycles. The number of nitrogen functional groups attached to an aromatic ring is 1. The van der Waals surface area contributed by atoms with E-state index < -0.39 is 0 Å². The lowest BCUT2D eigenvalue weighted by Gasteiger charge is -2.26. The van der Waals surface area contributed by atoms with E-state index in [1.165, 1.54) is 25.7 Å². The van der Waals surface area contributed by atoms with Crippen LogP contribution in [0.2, 0.25) is 0 Å². The molecular weight excluding hydrogens is 258 g/mol. The van der Waals surface area contributed by atoms with Gasteiger partial charge in [0.05, 0.1) is 0 Å². The number of nitrogens with two attached hydrogens (primary N) is 1. The van der Waals surface area contributed by atoms with E-state index in [4.69, 9.17) is 5.73 Å². The maximum atomic E-state index is 11.8. The summed E-state index contributed by atoms with van der Waals surface area (Å²) in [5.74, 6) is 0. The largest absolute Gasteiger partial charge is 0.399 e. The van der Waals surface area contributed by atoms with E-state index in [1.54, 1.807) is 24.3 Å². The standard InChI is InChI=1S/C14H21N3OS/c1-19-14(8-2-3-9-14)10-16-13(18)17-12-6-4-11(15)5-7-12/h4-7H,2-3,8-10,15H2,1H3,(H2,16,17,18). The minimum Gasteiger partial charge on any atom is -0.399 e. The molecule has 0 bridgehead atoms. The normalized spacial score (nSPS) is 17.1. The minimum absolute atomic E-state index is 0.148. The quantitative estimate of drug-likeness (QED) is 0.742. The predicted molar refractivity (Wildman–Crippen MR) is 82.6 cm³/mol. The maximum Gasteiger partial charge on any atom is 0.319 e. The second kappa shape index (κ2) is 6.19. The molecule has 19 heavy (non-hydrogen) atoms. The third-order valence-corrected chi connectivity index (χ3v) is 5.11. The second-order valence-electron chi connectivity index (χ2n) is 5.02. The van der Waals surface area contributed by atoms with E-state index in [0.717, 1.165) is 12.2 Å². The molecule has 5 heteroatoms. The first kappa shape index (κ1) is 14.1. The molecule has 1 aromatic rings. The highest BCUT2D eigenvalue weighted by Gasteiger charge is 2.33. The number of carbonyl (C=O) groups excluding carboxylic acids is 1. The Labute approximate surface area is 118 Å². The van der Waals surface area contributed by atoms with Gasteiger partial charge in [0.25, 0.3) is 0 Å². The van der Waals surface area contributed by atoms with Gasteiger partial charge < -0.3 is 16.4 Å². The first-order chi connectivity index (χ1) is 9.13. The third kappa shape index (κ3) is 3.80. The molecule has 0 radical (unpaired) electrons. The lowest BCUT2D eigenvalue weighted by atomic mass is 10.1. The molecule has 0 heterocycles. The van der Waals surface area contributed by atoms with Crippen LogP contribution < -0.4 is 16.4 Å². The van der Waals surface area contributed by atoms with Gasteiger partial charge in [0.1, 0.15) is 0 Å². The number of rotatable bonds is 4. The van der Waals surface area contributed by atoms with Crippen LogP contribution in [-0.2, 0) is 0 Å². The van der Waals surface area contributed by atoms with Gasteiger partial charge in [-0.25, -0.2) is 4.79 Å². The van der Waals surface area contributed by atoms with Crippen molar-refractivity contribution in [1.29, 1.82) is 0 Å². The number of hydrogen-bond donors (Lipinski definition) is 3. The average molecular weight is 279 g/mol. The van der Waals surface area contributed by atoms with Crippen molar-refractivity contribution in [2.45, 2.75) is 30.4 Å². The highest BCUT2D eigenvalue weighted by atomic mass is 32.2. The summed E-state index contributed by atoms with van der Waals surface area (Å²) >= 11 is 1.87. The van der Waals surface area contributed by atoms with E-state index in [9.17, 15) is 4.79 Å². The Morgan fingerprint density at radius 3 is 2.53 bits per heavy atom. The van der Waals surface area contributed by atoms with Crippen LogP contribution >= 0.6 is 11.8 Å². The summed E-state index contributed by atoms with van der Waals surface area (Å²) in [7, 11) is 0. The van der Waals surface area contributed by atoms with Crippen LogP contribution in [0.4, 0.5) is 16.2 Å². The lowest BCUT2D eigenvalue weighted by Crippen LogP contribution is -2.40. The molecule has 4 N–H and O–H groups in total. The molecule has 2 amide bonds. The van der Waals surface area contributed by atoms with Gasteiger partial charge in [0, 0.05) is 22.7 Å². The molecule has 2 rings (SSSR count). The first-order valence-corrected chi connectivity index (χ1v) is 7.82. The number of carbonyl (C=O) groups is 1. The average Bonchev–Trinajstić information content (AvgIpc) is 2.89. The van der Waals surface area contributed by atoms with Crippen LogP contribution in [0.25, 0.3) is 0 Å². The van der Waals surface area contributed by atoms with Crippen molar-refractivity contribution in [2.24, 2.45) is 0 Å². The molecule has 0 spiro atoms. The Kier molecular flexibility index (Phi) is 4.58. The van der Waals surface area contributed by atoms with Gasteiger partial charge >= 0.3 is 6.03 Å². The van der Waals surface area contributed by atoms with Crippen molar-refractivity contribution >= 4 is 29.2 Å². The molecule has 1 aliphatic carbocycles. The fourth-order valence-corrected chi connectivity index (χ4v) is 3.37. The number of nitrogens with one attached hydrogen (secondary N) is 2. The number of urea groups is 1. The van der Waals surface area contributed by atoms with Crippen molar-refractivity contribution in [3.8, 4) is 0 Å². The Balaban J connectivity index is 1.82. The highest BCUT2D eigenvalue weighted by Crippen LogP contribution is 2.39. The van der Waals surface area contributed by atoms with Gasteiger partial charge in [-0.3, -0.25) is 0 Å². The van der Waals surface area contributed by atoms with Gasteiger partial charge in [-0.2, -0.15) is 11.8 Å². The van der Waals surface area contributed by atoms with Crippen LogP contribution in [0.3, 0.4) is 0 Å². The summed E-state index contributed by atoms with van der Waals surface area (Å²) < 4.78 is 0.235. The summed E-state index contributed by atoms with van der Waals surface area (Å²) in [6.07, 6.45) is 7.04. The molecule has 0 saturated heterocycles. The molecule has 104 valence electrons. The summed E-state index contributed by atoms with van der Waals surface area (Å²) in [6.45, 7) is 0.731. The Hall–Kier alpha value is -1.36. The Bertz CT molecular complexity index is 427.